The Bertz CT molecular complexity index is 1150. The Morgan fingerprint density at radius 1 is 0.833 bits per heavy atom. The molecule has 30 heavy (non-hydrogen) atoms. The molecule has 0 heterocycles. The number of carbonyl (C=O) groups excluding carboxylic acids is 1. The van der Waals surface area contributed by atoms with Crippen LogP contribution in [0.1, 0.15) is 16.7 Å². The van der Waals surface area contributed by atoms with Gasteiger partial charge in [-0.25, -0.2) is 8.42 Å². The molecular weight excluding hydrogens is 398 g/mol. The van der Waals surface area contributed by atoms with E-state index in [-0.39, 0.29) is 10.6 Å². The number of rotatable bonds is 6. The fourth-order valence-electron chi connectivity index (χ4n) is 2.83. The van der Waals surface area contributed by atoms with Gasteiger partial charge in [-0.2, -0.15) is 4.31 Å². The smallest absolute Gasteiger partial charge is 0.271 e. The van der Waals surface area contributed by atoms with Crippen molar-refractivity contribution in [3.63, 3.8) is 0 Å². The van der Waals surface area contributed by atoms with Gasteiger partial charge in [0.2, 0.25) is 0 Å². The van der Waals surface area contributed by atoms with E-state index < -0.39 is 15.9 Å². The number of hydrogen-bond donors (Lipinski definition) is 0. The second kappa shape index (κ2) is 8.97. The lowest BCUT2D eigenvalue weighted by Gasteiger charge is -2.21. The van der Waals surface area contributed by atoms with E-state index in [4.69, 9.17) is 4.74 Å². The summed E-state index contributed by atoms with van der Waals surface area (Å²) in [4.78, 5) is 13.1. The Morgan fingerprint density at radius 3 is 1.90 bits per heavy atom. The fourth-order valence-corrected chi connectivity index (χ4v) is 4.22. The van der Waals surface area contributed by atoms with E-state index >= 15 is 0 Å². The summed E-state index contributed by atoms with van der Waals surface area (Å²) in [5, 5.41) is 0. The van der Waals surface area contributed by atoms with E-state index in [1.807, 2.05) is 38.1 Å². The predicted octanol–water partition coefficient (Wildman–Crippen LogP) is 4.75. The van der Waals surface area contributed by atoms with Crippen molar-refractivity contribution in [3.8, 4) is 5.75 Å². The van der Waals surface area contributed by atoms with Crippen molar-refractivity contribution >= 4 is 27.7 Å². The number of carbonyl (C=O) groups is 1. The van der Waals surface area contributed by atoms with Crippen molar-refractivity contribution in [1.29, 1.82) is 0 Å². The summed E-state index contributed by atoms with van der Waals surface area (Å²) in [5.41, 5.74) is 3.06. The maximum absolute atomic E-state index is 13.3. The first kappa shape index (κ1) is 21.3. The van der Waals surface area contributed by atoms with Gasteiger partial charge in [-0.1, -0.05) is 47.5 Å². The number of methoxy groups -OCH3 is 1. The maximum Gasteiger partial charge on any atom is 0.271 e. The van der Waals surface area contributed by atoms with Crippen LogP contribution in [0.5, 0.6) is 5.75 Å². The van der Waals surface area contributed by atoms with Gasteiger partial charge in [-0.05, 0) is 61.9 Å². The van der Waals surface area contributed by atoms with Gasteiger partial charge in [-0.15, -0.1) is 0 Å². The molecule has 0 unspecified atom stereocenters. The first-order valence-electron chi connectivity index (χ1n) is 9.36. The number of aryl methyl sites for hydroxylation is 2. The van der Waals surface area contributed by atoms with Crippen molar-refractivity contribution in [3.05, 3.63) is 95.6 Å². The molecule has 6 heteroatoms. The Hall–Kier alpha value is -3.38. The van der Waals surface area contributed by atoms with Crippen LogP contribution in [0.25, 0.3) is 6.08 Å². The SMILES string of the molecule is COc1ccc(N(C(=O)/C=C/c2ccc(C)cc2)S(=O)(=O)c2ccc(C)cc2)cc1. The summed E-state index contributed by atoms with van der Waals surface area (Å²) < 4.78 is 32.6. The topological polar surface area (TPSA) is 63.7 Å². The molecule has 0 N–H and O–H groups in total. The monoisotopic (exact) mass is 421 g/mol. The van der Waals surface area contributed by atoms with E-state index in [1.54, 1.807) is 42.5 Å². The number of nitrogens with zero attached hydrogens (tertiary/aromatic N) is 1. The Morgan fingerprint density at radius 2 is 1.37 bits per heavy atom. The minimum Gasteiger partial charge on any atom is -0.497 e. The van der Waals surface area contributed by atoms with Gasteiger partial charge in [0.15, 0.2) is 0 Å². The van der Waals surface area contributed by atoms with Crippen LogP contribution >= 0.6 is 0 Å². The molecule has 0 aromatic heterocycles. The number of hydrogen-bond acceptors (Lipinski definition) is 4. The van der Waals surface area contributed by atoms with E-state index in [2.05, 4.69) is 0 Å². The number of ether oxygens (including phenoxy) is 1. The molecular formula is C24H23NO4S. The molecule has 0 aliphatic heterocycles. The van der Waals surface area contributed by atoms with Crippen LogP contribution in [0, 0.1) is 13.8 Å². The van der Waals surface area contributed by atoms with E-state index in [9.17, 15) is 13.2 Å². The molecule has 0 saturated carbocycles. The zero-order chi connectivity index (χ0) is 21.7. The van der Waals surface area contributed by atoms with E-state index in [0.29, 0.717) is 5.75 Å². The van der Waals surface area contributed by atoms with Crippen molar-refractivity contribution in [1.82, 2.24) is 0 Å². The standard InChI is InChI=1S/C24H23NO4S/c1-18-4-8-20(9-5-18)10-17-24(26)25(21-11-13-22(29-3)14-12-21)30(27,28)23-15-6-19(2)7-16-23/h4-17H,1-3H3/b17-10+. The lowest BCUT2D eigenvalue weighted by atomic mass is 10.1. The largest absolute Gasteiger partial charge is 0.497 e. The molecule has 3 rings (SSSR count). The molecule has 0 bridgehead atoms. The summed E-state index contributed by atoms with van der Waals surface area (Å²) in [6, 6.07) is 20.3. The highest BCUT2D eigenvalue weighted by Crippen LogP contribution is 2.27. The second-order valence-electron chi connectivity index (χ2n) is 6.86. The van der Waals surface area contributed by atoms with E-state index in [0.717, 1.165) is 21.0 Å². The summed E-state index contributed by atoms with van der Waals surface area (Å²) in [5.74, 6) is -0.101. The molecule has 1 amide bonds. The van der Waals surface area contributed by atoms with Crippen LogP contribution in [0.3, 0.4) is 0 Å². The molecule has 0 radical (unpaired) electrons. The average Bonchev–Trinajstić information content (AvgIpc) is 2.74. The van der Waals surface area contributed by atoms with Crippen LogP contribution in [0.15, 0.2) is 83.8 Å². The van der Waals surface area contributed by atoms with Gasteiger partial charge < -0.3 is 4.74 Å². The normalized spacial score (nSPS) is 11.4. The quantitative estimate of drug-likeness (QED) is 0.539. The van der Waals surface area contributed by atoms with Crippen molar-refractivity contribution in [2.24, 2.45) is 0 Å². The first-order valence-corrected chi connectivity index (χ1v) is 10.8. The van der Waals surface area contributed by atoms with E-state index in [1.165, 1.54) is 25.3 Å². The highest BCUT2D eigenvalue weighted by Gasteiger charge is 2.29. The maximum atomic E-state index is 13.3. The lowest BCUT2D eigenvalue weighted by Crippen LogP contribution is -2.35. The van der Waals surface area contributed by atoms with Crippen LogP contribution < -0.4 is 9.04 Å². The summed E-state index contributed by atoms with van der Waals surface area (Å²) >= 11 is 0. The third kappa shape index (κ3) is 4.78. The molecule has 154 valence electrons. The second-order valence-corrected chi connectivity index (χ2v) is 8.65. The highest BCUT2D eigenvalue weighted by molar-refractivity contribution is 7.93. The molecule has 0 atom stereocenters. The number of sulfonamides is 1. The zero-order valence-corrected chi connectivity index (χ0v) is 17.9. The van der Waals surface area contributed by atoms with Crippen LogP contribution in [0.4, 0.5) is 5.69 Å². The molecule has 0 spiro atoms. The van der Waals surface area contributed by atoms with Crippen molar-refractivity contribution < 1.29 is 17.9 Å². The Kier molecular flexibility index (Phi) is 6.37. The average molecular weight is 422 g/mol. The summed E-state index contributed by atoms with van der Waals surface area (Å²) in [6.45, 7) is 3.84. The minimum atomic E-state index is -4.11. The number of anilines is 1. The Balaban J connectivity index is 2.03. The van der Waals surface area contributed by atoms with Gasteiger partial charge in [-0.3, -0.25) is 4.79 Å². The number of amides is 1. The predicted molar refractivity (Wildman–Crippen MR) is 119 cm³/mol. The Labute approximate surface area is 177 Å². The molecule has 5 nitrogen and oxygen atoms in total. The lowest BCUT2D eigenvalue weighted by molar-refractivity contribution is -0.113. The molecule has 0 saturated heterocycles. The van der Waals surface area contributed by atoms with Gasteiger partial charge in [0.1, 0.15) is 5.75 Å². The molecule has 3 aromatic carbocycles. The van der Waals surface area contributed by atoms with Crippen LogP contribution in [-0.4, -0.2) is 21.4 Å². The zero-order valence-electron chi connectivity index (χ0n) is 17.1. The van der Waals surface area contributed by atoms with Gasteiger partial charge >= 0.3 is 0 Å². The third-order valence-electron chi connectivity index (χ3n) is 4.56. The van der Waals surface area contributed by atoms with Gasteiger partial charge in [0.05, 0.1) is 17.7 Å². The van der Waals surface area contributed by atoms with Crippen LogP contribution in [0.2, 0.25) is 0 Å². The first-order chi connectivity index (χ1) is 14.3. The molecule has 0 fully saturated rings. The molecule has 3 aromatic rings. The summed E-state index contributed by atoms with van der Waals surface area (Å²) in [7, 11) is -2.59. The van der Waals surface area contributed by atoms with Crippen molar-refractivity contribution in [2.45, 2.75) is 18.7 Å². The van der Waals surface area contributed by atoms with Gasteiger partial charge in [0, 0.05) is 6.08 Å². The third-order valence-corrected chi connectivity index (χ3v) is 6.30. The van der Waals surface area contributed by atoms with Gasteiger partial charge in [0.25, 0.3) is 15.9 Å². The molecule has 0 aliphatic rings. The fraction of sp³-hybridized carbons (Fsp3) is 0.125. The summed E-state index contributed by atoms with van der Waals surface area (Å²) in [6.07, 6.45) is 2.86. The van der Waals surface area contributed by atoms with Crippen LogP contribution in [-0.2, 0) is 14.8 Å². The minimum absolute atomic E-state index is 0.0426. The van der Waals surface area contributed by atoms with Crippen molar-refractivity contribution in [2.75, 3.05) is 11.4 Å². The molecule has 0 aliphatic carbocycles. The number of benzene rings is 3. The highest BCUT2D eigenvalue weighted by atomic mass is 32.2.